The summed E-state index contributed by atoms with van der Waals surface area (Å²) >= 11 is 0. The van der Waals surface area contributed by atoms with Crippen LogP contribution in [-0.4, -0.2) is 7.11 Å². The van der Waals surface area contributed by atoms with E-state index < -0.39 is 0 Å². The van der Waals surface area contributed by atoms with Crippen LogP contribution in [0.3, 0.4) is 0 Å². The van der Waals surface area contributed by atoms with E-state index in [4.69, 9.17) is 4.74 Å². The Balaban J connectivity index is 3.16. The van der Waals surface area contributed by atoms with Crippen LogP contribution in [0.2, 0.25) is 0 Å². The van der Waals surface area contributed by atoms with Crippen LogP contribution in [0.25, 0.3) is 0 Å². The van der Waals surface area contributed by atoms with Crippen molar-refractivity contribution in [3.05, 3.63) is 41.0 Å². The summed E-state index contributed by atoms with van der Waals surface area (Å²) in [7, 11) is 1.73. The molecule has 1 nitrogen and oxygen atoms in total. The molecule has 0 unspecified atom stereocenters. The lowest BCUT2D eigenvalue weighted by molar-refractivity contribution is 0.410. The van der Waals surface area contributed by atoms with Crippen molar-refractivity contribution < 1.29 is 4.74 Å². The first kappa shape index (κ1) is 11.8. The summed E-state index contributed by atoms with van der Waals surface area (Å²) in [5.74, 6) is 0.993. The van der Waals surface area contributed by atoms with Gasteiger partial charge in [-0.3, -0.25) is 0 Å². The zero-order valence-electron chi connectivity index (χ0n) is 10.2. The molecule has 0 fully saturated rings. The van der Waals surface area contributed by atoms with Crippen LogP contribution in [-0.2, 0) is 6.42 Å². The number of hydrogen-bond donors (Lipinski definition) is 0. The van der Waals surface area contributed by atoms with Gasteiger partial charge in [0, 0.05) is 0 Å². The van der Waals surface area contributed by atoms with Crippen LogP contribution in [0.15, 0.2) is 18.7 Å². The topological polar surface area (TPSA) is 9.23 Å². The Labute approximate surface area is 92.8 Å². The van der Waals surface area contributed by atoms with Gasteiger partial charge in [-0.25, -0.2) is 0 Å². The fourth-order valence-electron chi connectivity index (χ4n) is 1.94. The number of rotatable bonds is 4. The SMILES string of the molecule is C=CCCc1c(C)cc(OC)c(C)c1C. The smallest absolute Gasteiger partial charge is 0.122 e. The molecule has 82 valence electrons. The van der Waals surface area contributed by atoms with E-state index in [0.29, 0.717) is 0 Å². The van der Waals surface area contributed by atoms with Crippen LogP contribution in [0, 0.1) is 20.8 Å². The van der Waals surface area contributed by atoms with Crippen LogP contribution in [0.1, 0.15) is 28.7 Å². The second kappa shape index (κ2) is 5.01. The summed E-state index contributed by atoms with van der Waals surface area (Å²) < 4.78 is 5.35. The number of aryl methyl sites for hydroxylation is 1. The minimum Gasteiger partial charge on any atom is -0.496 e. The summed E-state index contributed by atoms with van der Waals surface area (Å²) in [5.41, 5.74) is 5.36. The van der Waals surface area contributed by atoms with E-state index in [1.54, 1.807) is 7.11 Å². The van der Waals surface area contributed by atoms with Crippen molar-refractivity contribution in [1.29, 1.82) is 0 Å². The molecule has 0 heterocycles. The van der Waals surface area contributed by atoms with Crippen molar-refractivity contribution in [1.82, 2.24) is 0 Å². The summed E-state index contributed by atoms with van der Waals surface area (Å²) in [6, 6.07) is 2.13. The molecule has 0 aliphatic heterocycles. The van der Waals surface area contributed by atoms with Crippen LogP contribution >= 0.6 is 0 Å². The Hall–Kier alpha value is -1.24. The minimum absolute atomic E-state index is 0.993. The van der Waals surface area contributed by atoms with Crippen molar-refractivity contribution in [3.8, 4) is 5.75 Å². The molecule has 0 bridgehead atoms. The van der Waals surface area contributed by atoms with Crippen molar-refractivity contribution in [2.24, 2.45) is 0 Å². The number of methoxy groups -OCH3 is 1. The van der Waals surface area contributed by atoms with Gasteiger partial charge in [0.1, 0.15) is 5.75 Å². The van der Waals surface area contributed by atoms with E-state index in [1.165, 1.54) is 22.3 Å². The molecule has 0 aliphatic rings. The summed E-state index contributed by atoms with van der Waals surface area (Å²) in [4.78, 5) is 0. The number of allylic oxidation sites excluding steroid dienone is 1. The lowest BCUT2D eigenvalue weighted by Gasteiger charge is -2.15. The zero-order valence-corrected chi connectivity index (χ0v) is 10.2. The third-order valence-corrected chi connectivity index (χ3v) is 3.03. The van der Waals surface area contributed by atoms with Crippen molar-refractivity contribution in [3.63, 3.8) is 0 Å². The Morgan fingerprint density at radius 1 is 1.27 bits per heavy atom. The second-order valence-corrected chi connectivity index (χ2v) is 3.95. The van der Waals surface area contributed by atoms with E-state index in [-0.39, 0.29) is 0 Å². The molecule has 0 saturated heterocycles. The molecule has 0 saturated carbocycles. The fraction of sp³-hybridized carbons (Fsp3) is 0.429. The molecule has 0 amide bonds. The predicted molar refractivity (Wildman–Crippen MR) is 65.7 cm³/mol. The Bertz CT molecular complexity index is 364. The van der Waals surface area contributed by atoms with Crippen molar-refractivity contribution in [2.75, 3.05) is 7.11 Å². The quantitative estimate of drug-likeness (QED) is 0.679. The summed E-state index contributed by atoms with van der Waals surface area (Å²) in [6.07, 6.45) is 4.08. The Kier molecular flexibility index (Phi) is 3.96. The zero-order chi connectivity index (χ0) is 11.4. The van der Waals surface area contributed by atoms with Crippen molar-refractivity contribution in [2.45, 2.75) is 33.6 Å². The Morgan fingerprint density at radius 3 is 2.47 bits per heavy atom. The summed E-state index contributed by atoms with van der Waals surface area (Å²) in [5, 5.41) is 0. The number of ether oxygens (including phenoxy) is 1. The molecule has 0 radical (unpaired) electrons. The monoisotopic (exact) mass is 204 g/mol. The van der Waals surface area contributed by atoms with Gasteiger partial charge in [0.2, 0.25) is 0 Å². The van der Waals surface area contributed by atoms with Crippen LogP contribution in [0.5, 0.6) is 5.75 Å². The van der Waals surface area contributed by atoms with E-state index in [9.17, 15) is 0 Å². The van der Waals surface area contributed by atoms with Gasteiger partial charge >= 0.3 is 0 Å². The van der Waals surface area contributed by atoms with E-state index >= 15 is 0 Å². The van der Waals surface area contributed by atoms with Gasteiger partial charge in [-0.05, 0) is 61.9 Å². The predicted octanol–water partition coefficient (Wildman–Crippen LogP) is 3.74. The minimum atomic E-state index is 0.993. The molecule has 0 spiro atoms. The molecule has 0 atom stereocenters. The number of benzene rings is 1. The molecule has 1 aromatic carbocycles. The highest BCUT2D eigenvalue weighted by molar-refractivity contribution is 5.48. The molecule has 1 rings (SSSR count). The highest BCUT2D eigenvalue weighted by Gasteiger charge is 2.09. The van der Waals surface area contributed by atoms with Gasteiger partial charge < -0.3 is 4.74 Å². The van der Waals surface area contributed by atoms with E-state index in [2.05, 4.69) is 33.4 Å². The number of hydrogen-bond acceptors (Lipinski definition) is 1. The first-order valence-electron chi connectivity index (χ1n) is 5.36. The van der Waals surface area contributed by atoms with Crippen LogP contribution in [0.4, 0.5) is 0 Å². The van der Waals surface area contributed by atoms with Gasteiger partial charge in [-0.2, -0.15) is 0 Å². The maximum atomic E-state index is 5.35. The molecular formula is C14H20O. The third-order valence-electron chi connectivity index (χ3n) is 3.03. The first-order valence-corrected chi connectivity index (χ1v) is 5.36. The van der Waals surface area contributed by atoms with Crippen molar-refractivity contribution >= 4 is 0 Å². The van der Waals surface area contributed by atoms with E-state index in [1.807, 2.05) is 6.08 Å². The highest BCUT2D eigenvalue weighted by atomic mass is 16.5. The van der Waals surface area contributed by atoms with Gasteiger partial charge in [-0.15, -0.1) is 6.58 Å². The van der Waals surface area contributed by atoms with Gasteiger partial charge in [-0.1, -0.05) is 6.08 Å². The van der Waals surface area contributed by atoms with Crippen LogP contribution < -0.4 is 4.74 Å². The fourth-order valence-corrected chi connectivity index (χ4v) is 1.94. The maximum absolute atomic E-state index is 5.35. The highest BCUT2D eigenvalue weighted by Crippen LogP contribution is 2.28. The molecular weight excluding hydrogens is 184 g/mol. The van der Waals surface area contributed by atoms with Gasteiger partial charge in [0.05, 0.1) is 7.11 Å². The van der Waals surface area contributed by atoms with E-state index in [0.717, 1.165) is 18.6 Å². The second-order valence-electron chi connectivity index (χ2n) is 3.95. The molecule has 0 N–H and O–H groups in total. The third kappa shape index (κ3) is 2.41. The molecule has 1 aromatic rings. The molecule has 0 aliphatic carbocycles. The molecule has 15 heavy (non-hydrogen) atoms. The summed E-state index contributed by atoms with van der Waals surface area (Å²) in [6.45, 7) is 10.2. The maximum Gasteiger partial charge on any atom is 0.122 e. The molecule has 0 aromatic heterocycles. The normalized spacial score (nSPS) is 10.1. The first-order chi connectivity index (χ1) is 7.11. The lowest BCUT2D eigenvalue weighted by atomic mass is 9.94. The Morgan fingerprint density at radius 2 is 1.93 bits per heavy atom. The van der Waals surface area contributed by atoms with Gasteiger partial charge in [0.25, 0.3) is 0 Å². The van der Waals surface area contributed by atoms with Gasteiger partial charge in [0.15, 0.2) is 0 Å². The average molecular weight is 204 g/mol. The molecule has 1 heteroatoms. The average Bonchev–Trinajstić information content (AvgIpc) is 2.23. The largest absolute Gasteiger partial charge is 0.496 e. The standard InChI is InChI=1S/C14H20O/c1-6-7-8-13-10(2)9-14(15-5)12(4)11(13)3/h6,9H,1,7-8H2,2-5H3. The lowest BCUT2D eigenvalue weighted by Crippen LogP contribution is -1.99.